The van der Waals surface area contributed by atoms with E-state index >= 15 is 0 Å². The summed E-state index contributed by atoms with van der Waals surface area (Å²) in [4.78, 5) is 10.3. The fourth-order valence-electron chi connectivity index (χ4n) is 2.29. The number of rotatable bonds is 6. The van der Waals surface area contributed by atoms with Gasteiger partial charge in [0, 0.05) is 6.54 Å². The van der Waals surface area contributed by atoms with E-state index in [-0.39, 0.29) is 5.82 Å². The molecule has 0 radical (unpaired) electrons. The number of aryl methyl sites for hydroxylation is 1. The predicted octanol–water partition coefficient (Wildman–Crippen LogP) is 2.08. The van der Waals surface area contributed by atoms with Gasteiger partial charge in [0.25, 0.3) is 0 Å². The monoisotopic (exact) mass is 252 g/mol. The van der Waals surface area contributed by atoms with E-state index in [1.54, 1.807) is 0 Å². The SMILES string of the molecule is CCc1ncnc(NCCCN2CCCC2)c1F. The molecule has 4 nitrogen and oxygen atoms in total. The molecule has 5 heteroatoms. The van der Waals surface area contributed by atoms with Crippen LogP contribution in [0.25, 0.3) is 0 Å². The number of hydrogen-bond acceptors (Lipinski definition) is 4. The van der Waals surface area contributed by atoms with E-state index < -0.39 is 0 Å². The molecule has 2 heterocycles. The Morgan fingerprint density at radius 1 is 1.33 bits per heavy atom. The van der Waals surface area contributed by atoms with Crippen molar-refractivity contribution in [2.24, 2.45) is 0 Å². The van der Waals surface area contributed by atoms with Gasteiger partial charge < -0.3 is 10.2 Å². The zero-order valence-electron chi connectivity index (χ0n) is 11.0. The zero-order valence-corrected chi connectivity index (χ0v) is 11.0. The normalized spacial score (nSPS) is 16.1. The van der Waals surface area contributed by atoms with Crippen molar-refractivity contribution in [1.29, 1.82) is 0 Å². The summed E-state index contributed by atoms with van der Waals surface area (Å²) in [5.41, 5.74) is 0.479. The average molecular weight is 252 g/mol. The molecular formula is C13H21FN4. The highest BCUT2D eigenvalue weighted by Gasteiger charge is 2.11. The van der Waals surface area contributed by atoms with Crippen LogP contribution in [0, 0.1) is 5.82 Å². The van der Waals surface area contributed by atoms with Gasteiger partial charge in [0.2, 0.25) is 0 Å². The largest absolute Gasteiger partial charge is 0.367 e. The molecule has 1 aliphatic heterocycles. The van der Waals surface area contributed by atoms with E-state index in [1.807, 2.05) is 6.92 Å². The van der Waals surface area contributed by atoms with Gasteiger partial charge in [-0.1, -0.05) is 6.92 Å². The van der Waals surface area contributed by atoms with Gasteiger partial charge in [-0.25, -0.2) is 14.4 Å². The molecule has 0 aliphatic carbocycles. The molecule has 0 amide bonds. The number of nitrogens with one attached hydrogen (secondary N) is 1. The molecule has 0 atom stereocenters. The lowest BCUT2D eigenvalue weighted by molar-refractivity contribution is 0.337. The van der Waals surface area contributed by atoms with Crippen LogP contribution >= 0.6 is 0 Å². The number of nitrogens with zero attached hydrogens (tertiary/aromatic N) is 3. The Kier molecular flexibility index (Phi) is 4.87. The van der Waals surface area contributed by atoms with E-state index in [2.05, 4.69) is 20.2 Å². The molecule has 0 saturated carbocycles. The molecule has 0 aromatic carbocycles. The Morgan fingerprint density at radius 3 is 2.83 bits per heavy atom. The predicted molar refractivity (Wildman–Crippen MR) is 70.1 cm³/mol. The fourth-order valence-corrected chi connectivity index (χ4v) is 2.29. The standard InChI is InChI=1S/C13H21FN4/c1-2-11-12(14)13(17-10-16-11)15-6-5-9-18-7-3-4-8-18/h10H,2-9H2,1H3,(H,15,16,17). The van der Waals surface area contributed by atoms with E-state index in [4.69, 9.17) is 0 Å². The summed E-state index contributed by atoms with van der Waals surface area (Å²) in [6.45, 7) is 6.15. The van der Waals surface area contributed by atoms with Crippen LogP contribution in [0.5, 0.6) is 0 Å². The molecular weight excluding hydrogens is 231 g/mol. The van der Waals surface area contributed by atoms with Crippen LogP contribution in [0.3, 0.4) is 0 Å². The van der Waals surface area contributed by atoms with Crippen molar-refractivity contribution < 1.29 is 4.39 Å². The second-order valence-corrected chi connectivity index (χ2v) is 4.67. The molecule has 0 spiro atoms. The van der Waals surface area contributed by atoms with Crippen LogP contribution < -0.4 is 5.32 Å². The minimum Gasteiger partial charge on any atom is -0.367 e. The number of likely N-dealkylation sites (tertiary alicyclic amines) is 1. The lowest BCUT2D eigenvalue weighted by Gasteiger charge is -2.14. The highest BCUT2D eigenvalue weighted by atomic mass is 19.1. The molecule has 0 unspecified atom stereocenters. The van der Waals surface area contributed by atoms with Crippen molar-refractivity contribution in [1.82, 2.24) is 14.9 Å². The van der Waals surface area contributed by atoms with Gasteiger partial charge in [0.15, 0.2) is 11.6 Å². The molecule has 18 heavy (non-hydrogen) atoms. The van der Waals surface area contributed by atoms with Gasteiger partial charge in [0.1, 0.15) is 6.33 Å². The minimum atomic E-state index is -0.304. The maximum atomic E-state index is 13.8. The smallest absolute Gasteiger partial charge is 0.186 e. The van der Waals surface area contributed by atoms with Gasteiger partial charge in [-0.2, -0.15) is 0 Å². The zero-order chi connectivity index (χ0) is 12.8. The number of aromatic nitrogens is 2. The van der Waals surface area contributed by atoms with Gasteiger partial charge in [0.05, 0.1) is 5.69 Å². The Hall–Kier alpha value is -1.23. The van der Waals surface area contributed by atoms with Crippen LogP contribution in [0.4, 0.5) is 10.2 Å². The highest BCUT2D eigenvalue weighted by molar-refractivity contribution is 5.37. The summed E-state index contributed by atoms with van der Waals surface area (Å²) in [7, 11) is 0. The molecule has 1 saturated heterocycles. The van der Waals surface area contributed by atoms with Crippen molar-refractivity contribution in [2.45, 2.75) is 32.6 Å². The number of hydrogen-bond donors (Lipinski definition) is 1. The van der Waals surface area contributed by atoms with Gasteiger partial charge in [-0.3, -0.25) is 0 Å². The fraction of sp³-hybridized carbons (Fsp3) is 0.692. The van der Waals surface area contributed by atoms with Crippen molar-refractivity contribution >= 4 is 5.82 Å². The van der Waals surface area contributed by atoms with Crippen molar-refractivity contribution in [2.75, 3.05) is 31.5 Å². The van der Waals surface area contributed by atoms with E-state index in [0.717, 1.165) is 19.5 Å². The molecule has 100 valence electrons. The first-order chi connectivity index (χ1) is 8.81. The first-order valence-corrected chi connectivity index (χ1v) is 6.77. The third-order valence-electron chi connectivity index (χ3n) is 3.34. The van der Waals surface area contributed by atoms with Crippen LogP contribution in [0.1, 0.15) is 31.9 Å². The molecule has 1 aromatic heterocycles. The number of halogens is 1. The Labute approximate surface area is 108 Å². The summed E-state index contributed by atoms with van der Waals surface area (Å²) >= 11 is 0. The summed E-state index contributed by atoms with van der Waals surface area (Å²) in [6, 6.07) is 0. The third kappa shape index (κ3) is 3.38. The van der Waals surface area contributed by atoms with Crippen molar-refractivity contribution in [3.05, 3.63) is 17.8 Å². The van der Waals surface area contributed by atoms with Gasteiger partial charge in [-0.05, 0) is 45.3 Å². The number of anilines is 1. The molecule has 1 aliphatic rings. The van der Waals surface area contributed by atoms with Gasteiger partial charge >= 0.3 is 0 Å². The molecule has 1 fully saturated rings. The Balaban J connectivity index is 1.75. The molecule has 0 bridgehead atoms. The van der Waals surface area contributed by atoms with Crippen LogP contribution in [0.2, 0.25) is 0 Å². The quantitative estimate of drug-likeness (QED) is 0.787. The van der Waals surface area contributed by atoms with Crippen LogP contribution in [-0.2, 0) is 6.42 Å². The molecule has 1 aromatic rings. The molecule has 1 N–H and O–H groups in total. The first-order valence-electron chi connectivity index (χ1n) is 6.77. The van der Waals surface area contributed by atoms with Gasteiger partial charge in [-0.15, -0.1) is 0 Å². The van der Waals surface area contributed by atoms with Crippen LogP contribution in [0.15, 0.2) is 6.33 Å². The van der Waals surface area contributed by atoms with Crippen LogP contribution in [-0.4, -0.2) is 41.0 Å². The second kappa shape index (κ2) is 6.64. The van der Waals surface area contributed by atoms with E-state index in [9.17, 15) is 4.39 Å². The lowest BCUT2D eigenvalue weighted by atomic mass is 10.3. The maximum Gasteiger partial charge on any atom is 0.186 e. The third-order valence-corrected chi connectivity index (χ3v) is 3.34. The summed E-state index contributed by atoms with van der Waals surface area (Å²) in [6.07, 6.45) is 5.66. The van der Waals surface area contributed by atoms with E-state index in [0.29, 0.717) is 17.9 Å². The highest BCUT2D eigenvalue weighted by Crippen LogP contribution is 2.13. The Morgan fingerprint density at radius 2 is 2.11 bits per heavy atom. The summed E-state index contributed by atoms with van der Waals surface area (Å²) < 4.78 is 13.8. The first kappa shape index (κ1) is 13.2. The van der Waals surface area contributed by atoms with Crippen molar-refractivity contribution in [3.63, 3.8) is 0 Å². The topological polar surface area (TPSA) is 41.1 Å². The average Bonchev–Trinajstić information content (AvgIpc) is 2.89. The summed E-state index contributed by atoms with van der Waals surface area (Å²) in [5.74, 6) is 0.0319. The maximum absolute atomic E-state index is 13.8. The Bertz CT molecular complexity index is 377. The van der Waals surface area contributed by atoms with Crippen molar-refractivity contribution in [3.8, 4) is 0 Å². The minimum absolute atomic E-state index is 0.304. The van der Waals surface area contributed by atoms with E-state index in [1.165, 1.54) is 32.3 Å². The molecule has 2 rings (SSSR count). The lowest BCUT2D eigenvalue weighted by Crippen LogP contribution is -2.22. The second-order valence-electron chi connectivity index (χ2n) is 4.67. The summed E-state index contributed by atoms with van der Waals surface area (Å²) in [5, 5.41) is 3.06.